The highest BCUT2D eigenvalue weighted by Crippen LogP contribution is 2.31. The first-order valence-corrected chi connectivity index (χ1v) is 5.03. The van der Waals surface area contributed by atoms with E-state index in [0.29, 0.717) is 0 Å². The van der Waals surface area contributed by atoms with E-state index in [1.165, 1.54) is 14.2 Å². The summed E-state index contributed by atoms with van der Waals surface area (Å²) >= 11 is 0. The number of hydrogen-bond donors (Lipinski definition) is 1. The van der Waals surface area contributed by atoms with E-state index >= 15 is 0 Å². The van der Waals surface area contributed by atoms with E-state index in [-0.39, 0.29) is 5.41 Å². The van der Waals surface area contributed by atoms with E-state index in [0.717, 1.165) is 4.90 Å². The van der Waals surface area contributed by atoms with Crippen molar-refractivity contribution in [3.63, 3.8) is 0 Å². The lowest BCUT2D eigenvalue weighted by atomic mass is 9.85. The molecule has 0 unspecified atom stereocenters. The summed E-state index contributed by atoms with van der Waals surface area (Å²) in [7, 11) is 2.74. The number of urea groups is 1. The molecular formula is C10H18N2O4. The molecule has 6 nitrogen and oxygen atoms in total. The number of rotatable bonds is 1. The zero-order valence-corrected chi connectivity index (χ0v) is 10.2. The highest BCUT2D eigenvalue weighted by molar-refractivity contribution is 5.93. The molecular weight excluding hydrogens is 212 g/mol. The number of carbonyl (C=O) groups excluding carboxylic acids is 2. The average molecular weight is 230 g/mol. The predicted octanol–water partition coefficient (Wildman–Crippen LogP) is 1.17. The summed E-state index contributed by atoms with van der Waals surface area (Å²) < 4.78 is 9.76. The molecule has 16 heavy (non-hydrogen) atoms. The number of amides is 3. The Hall–Kier alpha value is -1.30. The molecule has 0 spiro atoms. The van der Waals surface area contributed by atoms with Crippen LogP contribution in [-0.4, -0.2) is 43.5 Å². The molecule has 0 saturated carbocycles. The summed E-state index contributed by atoms with van der Waals surface area (Å²) in [6, 6.07) is -0.879. The van der Waals surface area contributed by atoms with Crippen molar-refractivity contribution >= 4 is 12.1 Å². The molecule has 2 atom stereocenters. The molecule has 0 aliphatic carbocycles. The Morgan fingerprint density at radius 2 is 1.94 bits per heavy atom. The van der Waals surface area contributed by atoms with Crippen LogP contribution in [0.15, 0.2) is 0 Å². The van der Waals surface area contributed by atoms with Gasteiger partial charge in [0.15, 0.2) is 6.23 Å². The van der Waals surface area contributed by atoms with Gasteiger partial charge in [0, 0.05) is 7.11 Å². The third-order valence-corrected chi connectivity index (χ3v) is 2.56. The summed E-state index contributed by atoms with van der Waals surface area (Å²) in [6.45, 7) is 5.79. The van der Waals surface area contributed by atoms with E-state index in [2.05, 4.69) is 10.1 Å². The van der Waals surface area contributed by atoms with Crippen LogP contribution in [0, 0.1) is 5.41 Å². The van der Waals surface area contributed by atoms with E-state index < -0.39 is 24.4 Å². The van der Waals surface area contributed by atoms with Gasteiger partial charge in [-0.25, -0.2) is 14.5 Å². The van der Waals surface area contributed by atoms with Gasteiger partial charge in [-0.15, -0.1) is 0 Å². The van der Waals surface area contributed by atoms with Crippen LogP contribution in [0.5, 0.6) is 0 Å². The van der Waals surface area contributed by atoms with Crippen molar-refractivity contribution in [2.75, 3.05) is 14.2 Å². The first-order chi connectivity index (χ1) is 7.32. The number of hydrogen-bond acceptors (Lipinski definition) is 4. The van der Waals surface area contributed by atoms with Crippen molar-refractivity contribution in [2.24, 2.45) is 5.41 Å². The van der Waals surface area contributed by atoms with Gasteiger partial charge >= 0.3 is 12.1 Å². The van der Waals surface area contributed by atoms with Crippen LogP contribution in [0.4, 0.5) is 9.59 Å². The summed E-state index contributed by atoms with van der Waals surface area (Å²) in [5, 5.41) is 2.59. The highest BCUT2D eigenvalue weighted by Gasteiger charge is 2.49. The fourth-order valence-corrected chi connectivity index (χ4v) is 1.86. The molecule has 1 saturated heterocycles. The maximum Gasteiger partial charge on any atom is 0.418 e. The van der Waals surface area contributed by atoms with Gasteiger partial charge in [-0.05, 0) is 5.41 Å². The van der Waals surface area contributed by atoms with Gasteiger partial charge in [0.25, 0.3) is 0 Å². The quantitative estimate of drug-likeness (QED) is 0.734. The standard InChI is InChI=1S/C10H18N2O4/c1-10(2,3)6-7(15-4)11-8(13)12(6)9(14)16-5/h6-7H,1-5H3,(H,11,13)/t6-,7+/m1/s1. The third kappa shape index (κ3) is 2.11. The minimum atomic E-state index is -0.669. The SMILES string of the molecule is COC(=O)N1C(=O)N[C@@H](OC)[C@@H]1C(C)(C)C. The zero-order valence-electron chi connectivity index (χ0n) is 10.2. The van der Waals surface area contributed by atoms with E-state index in [4.69, 9.17) is 4.74 Å². The van der Waals surface area contributed by atoms with Crippen molar-refractivity contribution in [1.82, 2.24) is 10.2 Å². The van der Waals surface area contributed by atoms with Gasteiger partial charge in [0.05, 0.1) is 13.2 Å². The van der Waals surface area contributed by atoms with Crippen molar-refractivity contribution in [2.45, 2.75) is 33.0 Å². The summed E-state index contributed by atoms with van der Waals surface area (Å²) in [5.74, 6) is 0. The molecule has 1 aliphatic rings. The molecule has 1 fully saturated rings. The van der Waals surface area contributed by atoms with Crippen LogP contribution in [0.1, 0.15) is 20.8 Å². The van der Waals surface area contributed by atoms with Crippen molar-refractivity contribution in [3.05, 3.63) is 0 Å². The second-order valence-corrected chi connectivity index (χ2v) is 4.76. The molecule has 1 aliphatic heterocycles. The molecule has 92 valence electrons. The monoisotopic (exact) mass is 230 g/mol. The van der Waals surface area contributed by atoms with Gasteiger partial charge in [-0.1, -0.05) is 20.8 Å². The first kappa shape index (κ1) is 12.8. The second-order valence-electron chi connectivity index (χ2n) is 4.76. The lowest BCUT2D eigenvalue weighted by Gasteiger charge is -2.34. The van der Waals surface area contributed by atoms with Gasteiger partial charge < -0.3 is 14.8 Å². The Bertz CT molecular complexity index is 298. The van der Waals surface area contributed by atoms with Gasteiger partial charge in [0.1, 0.15) is 0 Å². The summed E-state index contributed by atoms with van der Waals surface area (Å²) in [4.78, 5) is 24.2. The first-order valence-electron chi connectivity index (χ1n) is 5.03. The third-order valence-electron chi connectivity index (χ3n) is 2.56. The number of nitrogens with one attached hydrogen (secondary N) is 1. The Labute approximate surface area is 94.9 Å². The topological polar surface area (TPSA) is 67.9 Å². The average Bonchev–Trinajstić information content (AvgIpc) is 2.53. The second kappa shape index (κ2) is 4.29. The fourth-order valence-electron chi connectivity index (χ4n) is 1.86. The van der Waals surface area contributed by atoms with Gasteiger partial charge in [0.2, 0.25) is 0 Å². The molecule has 6 heteroatoms. The molecule has 0 aromatic carbocycles. The predicted molar refractivity (Wildman–Crippen MR) is 56.8 cm³/mol. The Morgan fingerprint density at radius 3 is 2.31 bits per heavy atom. The minimum absolute atomic E-state index is 0.298. The van der Waals surface area contributed by atoms with Crippen LogP contribution in [0.3, 0.4) is 0 Å². The molecule has 1 N–H and O–H groups in total. The number of methoxy groups -OCH3 is 2. The highest BCUT2D eigenvalue weighted by atomic mass is 16.5. The van der Waals surface area contributed by atoms with E-state index in [1.54, 1.807) is 0 Å². The normalized spacial score (nSPS) is 25.6. The van der Waals surface area contributed by atoms with Gasteiger partial charge in [-0.3, -0.25) is 0 Å². The maximum atomic E-state index is 11.6. The molecule has 1 heterocycles. The number of ether oxygens (including phenoxy) is 2. The smallest absolute Gasteiger partial charge is 0.418 e. The summed E-state index contributed by atoms with van der Waals surface area (Å²) in [5.41, 5.74) is -0.298. The fraction of sp³-hybridized carbons (Fsp3) is 0.800. The molecule has 0 radical (unpaired) electrons. The van der Waals surface area contributed by atoms with Crippen LogP contribution >= 0.6 is 0 Å². The lowest BCUT2D eigenvalue weighted by Crippen LogP contribution is -2.49. The minimum Gasteiger partial charge on any atom is -0.452 e. The van der Waals surface area contributed by atoms with Crippen molar-refractivity contribution in [3.8, 4) is 0 Å². The molecule has 1 rings (SSSR count). The number of imide groups is 1. The Kier molecular flexibility index (Phi) is 3.42. The lowest BCUT2D eigenvalue weighted by molar-refractivity contribution is 0.00991. The molecule has 0 aromatic rings. The van der Waals surface area contributed by atoms with Crippen molar-refractivity contribution in [1.29, 1.82) is 0 Å². The Balaban J connectivity index is 3.04. The molecule has 3 amide bonds. The Morgan fingerprint density at radius 1 is 1.38 bits per heavy atom. The molecule has 0 bridgehead atoms. The molecule has 0 aromatic heterocycles. The van der Waals surface area contributed by atoms with Gasteiger partial charge in [-0.2, -0.15) is 0 Å². The van der Waals surface area contributed by atoms with E-state index in [9.17, 15) is 9.59 Å². The van der Waals surface area contributed by atoms with Crippen LogP contribution < -0.4 is 5.32 Å². The van der Waals surface area contributed by atoms with E-state index in [1.807, 2.05) is 20.8 Å². The number of carbonyl (C=O) groups is 2. The number of nitrogens with zero attached hydrogens (tertiary/aromatic N) is 1. The zero-order chi connectivity index (χ0) is 12.5. The van der Waals surface area contributed by atoms with Crippen LogP contribution in [0.25, 0.3) is 0 Å². The summed E-state index contributed by atoms with van der Waals surface area (Å²) in [6.07, 6.45) is -1.18. The largest absolute Gasteiger partial charge is 0.452 e. The van der Waals surface area contributed by atoms with Crippen LogP contribution in [0.2, 0.25) is 0 Å². The maximum absolute atomic E-state index is 11.6. The van der Waals surface area contributed by atoms with Crippen molar-refractivity contribution < 1.29 is 19.1 Å². The van der Waals surface area contributed by atoms with Crippen LogP contribution in [-0.2, 0) is 9.47 Å².